The summed E-state index contributed by atoms with van der Waals surface area (Å²) in [5, 5.41) is 18.8. The molecule has 0 aliphatic heterocycles. The molecular formula is C8H9BrClNO2. The van der Waals surface area contributed by atoms with Crippen LogP contribution in [0, 0.1) is 0 Å². The van der Waals surface area contributed by atoms with E-state index >= 15 is 0 Å². The van der Waals surface area contributed by atoms with E-state index in [1.54, 1.807) is 12.1 Å². The molecule has 1 rings (SSSR count). The number of hydrogen-bond donors (Lipinski definition) is 3. The Morgan fingerprint density at radius 3 is 2.69 bits per heavy atom. The van der Waals surface area contributed by atoms with E-state index < -0.39 is 6.04 Å². The average Bonchev–Trinajstić information content (AvgIpc) is 2.13. The zero-order valence-corrected chi connectivity index (χ0v) is 9.01. The molecule has 5 heteroatoms. The smallest absolute Gasteiger partial charge is 0.136 e. The predicted octanol–water partition coefficient (Wildman–Crippen LogP) is 1.80. The van der Waals surface area contributed by atoms with Gasteiger partial charge in [-0.15, -0.1) is 0 Å². The fraction of sp³-hybridized carbons (Fsp3) is 0.250. The summed E-state index contributed by atoms with van der Waals surface area (Å²) in [6.07, 6.45) is 0. The van der Waals surface area contributed by atoms with Crippen molar-refractivity contribution in [3.63, 3.8) is 0 Å². The van der Waals surface area contributed by atoms with Crippen LogP contribution in [0.2, 0.25) is 5.02 Å². The second kappa shape index (κ2) is 4.28. The van der Waals surface area contributed by atoms with E-state index in [2.05, 4.69) is 15.9 Å². The molecule has 1 atom stereocenters. The van der Waals surface area contributed by atoms with Gasteiger partial charge in [0.25, 0.3) is 0 Å². The lowest BCUT2D eigenvalue weighted by Crippen LogP contribution is -2.14. The van der Waals surface area contributed by atoms with Gasteiger partial charge >= 0.3 is 0 Å². The van der Waals surface area contributed by atoms with E-state index in [0.29, 0.717) is 15.1 Å². The second-order valence-corrected chi connectivity index (χ2v) is 3.79. The summed E-state index contributed by atoms with van der Waals surface area (Å²) in [4.78, 5) is 0. The Labute approximate surface area is 89.3 Å². The molecule has 0 fully saturated rings. The highest BCUT2D eigenvalue weighted by Crippen LogP contribution is 2.36. The molecule has 1 aromatic carbocycles. The van der Waals surface area contributed by atoms with Gasteiger partial charge in [-0.1, -0.05) is 17.7 Å². The molecule has 72 valence electrons. The van der Waals surface area contributed by atoms with Gasteiger partial charge in [-0.05, 0) is 22.0 Å². The Hall–Kier alpha value is -0.290. The molecule has 0 heterocycles. The summed E-state index contributed by atoms with van der Waals surface area (Å²) >= 11 is 8.83. The Morgan fingerprint density at radius 2 is 2.15 bits per heavy atom. The molecule has 0 unspecified atom stereocenters. The highest BCUT2D eigenvalue weighted by molar-refractivity contribution is 9.10. The fourth-order valence-corrected chi connectivity index (χ4v) is 1.47. The van der Waals surface area contributed by atoms with Gasteiger partial charge in [-0.2, -0.15) is 0 Å². The first-order valence-corrected chi connectivity index (χ1v) is 4.78. The van der Waals surface area contributed by atoms with E-state index in [1.807, 2.05) is 0 Å². The third-order valence-electron chi connectivity index (χ3n) is 1.70. The van der Waals surface area contributed by atoms with Gasteiger partial charge in [-0.3, -0.25) is 0 Å². The number of hydrogen-bond acceptors (Lipinski definition) is 3. The zero-order valence-electron chi connectivity index (χ0n) is 6.67. The number of aliphatic hydroxyl groups excluding tert-OH is 1. The van der Waals surface area contributed by atoms with Crippen molar-refractivity contribution < 1.29 is 10.2 Å². The molecule has 0 saturated heterocycles. The molecule has 3 nitrogen and oxygen atoms in total. The van der Waals surface area contributed by atoms with Crippen molar-refractivity contribution in [2.24, 2.45) is 5.73 Å². The number of phenolic OH excluding ortho intramolecular Hbond substituents is 1. The third-order valence-corrected chi connectivity index (χ3v) is 3.04. The Balaban J connectivity index is 3.18. The normalized spacial score (nSPS) is 12.9. The lowest BCUT2D eigenvalue weighted by atomic mass is 10.1. The molecule has 1 aromatic rings. The van der Waals surface area contributed by atoms with Crippen molar-refractivity contribution in [3.8, 4) is 5.75 Å². The van der Waals surface area contributed by atoms with Gasteiger partial charge in [0, 0.05) is 5.56 Å². The van der Waals surface area contributed by atoms with Gasteiger partial charge in [0.1, 0.15) is 5.75 Å². The number of benzene rings is 1. The van der Waals surface area contributed by atoms with Gasteiger partial charge in [0.05, 0.1) is 22.1 Å². The predicted molar refractivity (Wildman–Crippen MR) is 54.8 cm³/mol. The van der Waals surface area contributed by atoms with Crippen molar-refractivity contribution in [1.82, 2.24) is 0 Å². The molecule has 0 spiro atoms. The summed E-state index contributed by atoms with van der Waals surface area (Å²) in [6, 6.07) is 2.60. The summed E-state index contributed by atoms with van der Waals surface area (Å²) in [5.41, 5.74) is 6.01. The number of aromatic hydroxyl groups is 1. The molecule has 0 bridgehead atoms. The Morgan fingerprint density at radius 1 is 1.54 bits per heavy atom. The minimum Gasteiger partial charge on any atom is -0.506 e. The first-order valence-electron chi connectivity index (χ1n) is 3.61. The molecule has 4 N–H and O–H groups in total. The van der Waals surface area contributed by atoms with Crippen LogP contribution in [0.3, 0.4) is 0 Å². The van der Waals surface area contributed by atoms with Crippen LogP contribution in [0.5, 0.6) is 5.75 Å². The molecule has 0 radical (unpaired) electrons. The lowest BCUT2D eigenvalue weighted by Gasteiger charge is -2.12. The quantitative estimate of drug-likeness (QED) is 0.765. The van der Waals surface area contributed by atoms with E-state index in [0.717, 1.165) is 0 Å². The molecule has 0 amide bonds. The average molecular weight is 267 g/mol. The molecular weight excluding hydrogens is 257 g/mol. The van der Waals surface area contributed by atoms with Crippen LogP contribution >= 0.6 is 27.5 Å². The van der Waals surface area contributed by atoms with Crippen LogP contribution in [0.4, 0.5) is 0 Å². The number of rotatable bonds is 2. The van der Waals surface area contributed by atoms with E-state index in [4.69, 9.17) is 22.4 Å². The number of phenols is 1. The maximum absolute atomic E-state index is 9.56. The number of halogens is 2. The minimum atomic E-state index is -0.589. The van der Waals surface area contributed by atoms with Crippen LogP contribution in [0.15, 0.2) is 16.6 Å². The van der Waals surface area contributed by atoms with Crippen LogP contribution in [-0.4, -0.2) is 16.8 Å². The first kappa shape index (κ1) is 10.8. The summed E-state index contributed by atoms with van der Waals surface area (Å²) in [6.45, 7) is -0.221. The van der Waals surface area contributed by atoms with Crippen molar-refractivity contribution in [2.75, 3.05) is 6.61 Å². The molecule has 0 aromatic heterocycles. The van der Waals surface area contributed by atoms with Gasteiger partial charge < -0.3 is 15.9 Å². The van der Waals surface area contributed by atoms with Crippen molar-refractivity contribution in [3.05, 3.63) is 27.2 Å². The van der Waals surface area contributed by atoms with Crippen LogP contribution in [0.25, 0.3) is 0 Å². The van der Waals surface area contributed by atoms with Crippen molar-refractivity contribution in [2.45, 2.75) is 6.04 Å². The topological polar surface area (TPSA) is 66.5 Å². The summed E-state index contributed by atoms with van der Waals surface area (Å²) < 4.78 is 0.399. The maximum Gasteiger partial charge on any atom is 0.136 e. The van der Waals surface area contributed by atoms with E-state index in [9.17, 15) is 5.11 Å². The highest BCUT2D eigenvalue weighted by Gasteiger charge is 2.13. The third kappa shape index (κ3) is 2.14. The molecule has 0 aliphatic rings. The minimum absolute atomic E-state index is 0.0194. The lowest BCUT2D eigenvalue weighted by molar-refractivity contribution is 0.265. The molecule has 13 heavy (non-hydrogen) atoms. The monoisotopic (exact) mass is 265 g/mol. The first-order chi connectivity index (χ1) is 6.07. The maximum atomic E-state index is 9.56. The Bertz CT molecular complexity index is 319. The second-order valence-electron chi connectivity index (χ2n) is 2.59. The molecule has 0 saturated carbocycles. The van der Waals surface area contributed by atoms with Crippen LogP contribution in [-0.2, 0) is 0 Å². The van der Waals surface area contributed by atoms with Gasteiger partial charge in [0.15, 0.2) is 0 Å². The van der Waals surface area contributed by atoms with Gasteiger partial charge in [-0.25, -0.2) is 0 Å². The summed E-state index contributed by atoms with van der Waals surface area (Å²) in [5.74, 6) is -0.0194. The van der Waals surface area contributed by atoms with Crippen molar-refractivity contribution >= 4 is 27.5 Å². The largest absolute Gasteiger partial charge is 0.506 e. The van der Waals surface area contributed by atoms with E-state index in [-0.39, 0.29) is 12.4 Å². The fourth-order valence-electron chi connectivity index (χ4n) is 0.952. The van der Waals surface area contributed by atoms with Crippen LogP contribution < -0.4 is 5.73 Å². The number of aliphatic hydroxyl groups is 1. The molecule has 0 aliphatic carbocycles. The van der Waals surface area contributed by atoms with Crippen molar-refractivity contribution in [1.29, 1.82) is 0 Å². The van der Waals surface area contributed by atoms with E-state index in [1.165, 1.54) is 0 Å². The SMILES string of the molecule is N[C@H](CO)c1ccc(Cl)c(Br)c1O. The zero-order chi connectivity index (χ0) is 10.0. The number of nitrogens with two attached hydrogens (primary N) is 1. The summed E-state index contributed by atoms with van der Waals surface area (Å²) in [7, 11) is 0. The Kier molecular flexibility index (Phi) is 3.55. The standard InChI is InChI=1S/C8H9BrClNO2/c9-7-5(10)2-1-4(8(7)13)6(11)3-12/h1-2,6,12-13H,3,11H2/t6-/m1/s1. The van der Waals surface area contributed by atoms with Crippen LogP contribution in [0.1, 0.15) is 11.6 Å². The highest BCUT2D eigenvalue weighted by atomic mass is 79.9. The van der Waals surface area contributed by atoms with Gasteiger partial charge in [0.2, 0.25) is 0 Å².